The summed E-state index contributed by atoms with van der Waals surface area (Å²) in [6, 6.07) is 8.01. The van der Waals surface area contributed by atoms with Gasteiger partial charge in [0.15, 0.2) is 0 Å². The zero-order valence-electron chi connectivity index (χ0n) is 11.4. The van der Waals surface area contributed by atoms with Crippen LogP contribution in [0.4, 0.5) is 11.4 Å². The fourth-order valence-corrected chi connectivity index (χ4v) is 1.70. The van der Waals surface area contributed by atoms with Gasteiger partial charge in [-0.3, -0.25) is 25.0 Å². The molecule has 0 heterocycles. The van der Waals surface area contributed by atoms with Crippen LogP contribution in [0.15, 0.2) is 42.5 Å². The van der Waals surface area contributed by atoms with E-state index in [2.05, 4.69) is 0 Å². The summed E-state index contributed by atoms with van der Waals surface area (Å²) in [5, 5.41) is 21.5. The zero-order valence-corrected chi connectivity index (χ0v) is 11.4. The molecule has 0 saturated carbocycles. The number of esters is 1. The summed E-state index contributed by atoms with van der Waals surface area (Å²) in [6.07, 6.45) is 0.596. The number of nitro benzene ring substituents is 2. The van der Waals surface area contributed by atoms with Gasteiger partial charge in [-0.1, -0.05) is 12.1 Å². The maximum atomic E-state index is 11.9. The number of hydrogen-bond acceptors (Lipinski definition) is 7. The minimum absolute atomic E-state index is 0.0877. The molecule has 9 heteroatoms. The molecule has 0 spiro atoms. The van der Waals surface area contributed by atoms with Gasteiger partial charge in [0.05, 0.1) is 33.6 Å². The van der Waals surface area contributed by atoms with Gasteiger partial charge in [0.2, 0.25) is 0 Å². The number of benzene rings is 2. The molecule has 0 radical (unpaired) electrons. The Bertz CT molecular complexity index is 767. The lowest BCUT2D eigenvalue weighted by atomic mass is 10.1. The third-order valence-corrected chi connectivity index (χ3v) is 2.79. The highest BCUT2D eigenvalue weighted by molar-refractivity contribution is 5.92. The summed E-state index contributed by atoms with van der Waals surface area (Å²) < 4.78 is 4.92. The van der Waals surface area contributed by atoms with Crippen LogP contribution in [-0.4, -0.2) is 22.1 Å². The molecule has 2 rings (SSSR count). The summed E-state index contributed by atoms with van der Waals surface area (Å²) in [5.74, 6) is -1.19. The Labute approximate surface area is 128 Å². The highest BCUT2D eigenvalue weighted by Crippen LogP contribution is 2.27. The van der Waals surface area contributed by atoms with Crippen LogP contribution in [0.2, 0.25) is 0 Å². The molecule has 9 nitrogen and oxygen atoms in total. The van der Waals surface area contributed by atoms with Crippen molar-refractivity contribution in [3.63, 3.8) is 0 Å². The molecule has 0 bridgehead atoms. The molecule has 0 aliphatic rings. The van der Waals surface area contributed by atoms with Gasteiger partial charge >= 0.3 is 5.97 Å². The first-order chi connectivity index (χ1) is 10.9. The van der Waals surface area contributed by atoms with E-state index in [1.54, 1.807) is 0 Å². The van der Waals surface area contributed by atoms with Crippen molar-refractivity contribution in [2.45, 2.75) is 0 Å². The number of rotatable bonds is 5. The largest absolute Gasteiger partial charge is 0.422 e. The van der Waals surface area contributed by atoms with Crippen LogP contribution in [0.5, 0.6) is 5.75 Å². The molecule has 0 N–H and O–H groups in total. The van der Waals surface area contributed by atoms with Crippen LogP contribution >= 0.6 is 0 Å². The van der Waals surface area contributed by atoms with E-state index in [0.29, 0.717) is 11.8 Å². The zero-order chi connectivity index (χ0) is 17.0. The van der Waals surface area contributed by atoms with Crippen molar-refractivity contribution in [1.29, 1.82) is 0 Å². The molecule has 0 aromatic heterocycles. The minimum atomic E-state index is -0.864. The number of carbonyl (C=O) groups is 2. The molecule has 0 saturated heterocycles. The van der Waals surface area contributed by atoms with Crippen molar-refractivity contribution >= 4 is 23.6 Å². The van der Waals surface area contributed by atoms with Gasteiger partial charge in [0.1, 0.15) is 12.0 Å². The van der Waals surface area contributed by atoms with Crippen molar-refractivity contribution in [2.24, 2.45) is 0 Å². The van der Waals surface area contributed by atoms with Crippen molar-refractivity contribution in [1.82, 2.24) is 0 Å². The highest BCUT2D eigenvalue weighted by Gasteiger charge is 2.19. The number of carbonyl (C=O) groups excluding carboxylic acids is 2. The Balaban J connectivity index is 2.30. The molecule has 2 aromatic carbocycles. The first kappa shape index (κ1) is 15.8. The summed E-state index contributed by atoms with van der Waals surface area (Å²) in [5.41, 5.74) is -0.700. The van der Waals surface area contributed by atoms with Crippen LogP contribution < -0.4 is 4.74 Å². The molecule has 0 unspecified atom stereocenters. The lowest BCUT2D eigenvalue weighted by molar-refractivity contribution is -0.394. The topological polar surface area (TPSA) is 130 Å². The van der Waals surface area contributed by atoms with E-state index in [0.717, 1.165) is 18.2 Å². The predicted molar refractivity (Wildman–Crippen MR) is 76.5 cm³/mol. The molecule has 0 fully saturated rings. The van der Waals surface area contributed by atoms with Crippen LogP contribution in [0.1, 0.15) is 20.7 Å². The number of aldehydes is 1. The fourth-order valence-electron chi connectivity index (χ4n) is 1.70. The van der Waals surface area contributed by atoms with Crippen molar-refractivity contribution in [2.75, 3.05) is 0 Å². The van der Waals surface area contributed by atoms with E-state index < -0.39 is 27.2 Å². The van der Waals surface area contributed by atoms with Gasteiger partial charge in [-0.15, -0.1) is 0 Å². The molecule has 23 heavy (non-hydrogen) atoms. The Morgan fingerprint density at radius 2 is 1.48 bits per heavy atom. The molecule has 0 aliphatic carbocycles. The lowest BCUT2D eigenvalue weighted by Crippen LogP contribution is -2.09. The lowest BCUT2D eigenvalue weighted by Gasteiger charge is -2.04. The molecule has 116 valence electrons. The fraction of sp³-hybridized carbons (Fsp3) is 0. The average Bonchev–Trinajstić information content (AvgIpc) is 2.54. The van der Waals surface area contributed by atoms with Crippen molar-refractivity contribution in [3.05, 3.63) is 73.8 Å². The molecule has 0 atom stereocenters. The first-order valence-corrected chi connectivity index (χ1v) is 6.12. The third-order valence-electron chi connectivity index (χ3n) is 2.79. The molecular formula is C14H8N2O7. The Hall–Kier alpha value is -3.62. The third kappa shape index (κ3) is 3.73. The second kappa shape index (κ2) is 6.43. The first-order valence-electron chi connectivity index (χ1n) is 6.12. The van der Waals surface area contributed by atoms with E-state index in [1.807, 2.05) is 0 Å². The van der Waals surface area contributed by atoms with Crippen molar-refractivity contribution < 1.29 is 24.2 Å². The molecule has 2 aromatic rings. The van der Waals surface area contributed by atoms with E-state index in [1.165, 1.54) is 24.3 Å². The summed E-state index contributed by atoms with van der Waals surface area (Å²) in [4.78, 5) is 42.3. The van der Waals surface area contributed by atoms with Crippen LogP contribution in [0.3, 0.4) is 0 Å². The van der Waals surface area contributed by atoms with E-state index >= 15 is 0 Å². The quantitative estimate of drug-likeness (QED) is 0.272. The van der Waals surface area contributed by atoms with Crippen LogP contribution in [-0.2, 0) is 0 Å². The number of nitrogens with zero attached hydrogens (tertiary/aromatic N) is 2. The van der Waals surface area contributed by atoms with E-state index in [4.69, 9.17) is 4.74 Å². The minimum Gasteiger partial charge on any atom is -0.422 e. The Morgan fingerprint density at radius 3 is 1.91 bits per heavy atom. The summed E-state index contributed by atoms with van der Waals surface area (Å²) >= 11 is 0. The normalized spacial score (nSPS) is 9.91. The summed E-state index contributed by atoms with van der Waals surface area (Å²) in [7, 11) is 0. The standard InChI is InChI=1S/C14H8N2O7/c17-8-9-1-3-10(4-2-9)14(18)23-13-6-11(15(19)20)5-12(7-13)16(21)22/h1-8H. The predicted octanol–water partition coefficient (Wildman–Crippen LogP) is 2.53. The number of hydrogen-bond donors (Lipinski definition) is 0. The number of ether oxygens (including phenoxy) is 1. The SMILES string of the molecule is O=Cc1ccc(C(=O)Oc2cc([N+](=O)[O-])cc([N+](=O)[O-])c2)cc1. The molecular weight excluding hydrogens is 308 g/mol. The van der Waals surface area contributed by atoms with E-state index in [-0.39, 0.29) is 11.3 Å². The molecule has 0 aliphatic heterocycles. The Morgan fingerprint density at radius 1 is 0.957 bits per heavy atom. The van der Waals surface area contributed by atoms with Gasteiger partial charge in [-0.05, 0) is 12.1 Å². The maximum Gasteiger partial charge on any atom is 0.343 e. The monoisotopic (exact) mass is 316 g/mol. The van der Waals surface area contributed by atoms with E-state index in [9.17, 15) is 29.8 Å². The van der Waals surface area contributed by atoms with Crippen molar-refractivity contribution in [3.8, 4) is 5.75 Å². The highest BCUT2D eigenvalue weighted by atomic mass is 16.6. The average molecular weight is 316 g/mol. The Kier molecular flexibility index (Phi) is 4.41. The number of non-ortho nitro benzene ring substituents is 2. The smallest absolute Gasteiger partial charge is 0.343 e. The van der Waals surface area contributed by atoms with Crippen LogP contribution in [0, 0.1) is 20.2 Å². The second-order valence-corrected chi connectivity index (χ2v) is 4.33. The van der Waals surface area contributed by atoms with Gasteiger partial charge in [0, 0.05) is 5.56 Å². The van der Waals surface area contributed by atoms with Gasteiger partial charge < -0.3 is 4.74 Å². The van der Waals surface area contributed by atoms with Gasteiger partial charge in [-0.25, -0.2) is 4.79 Å². The van der Waals surface area contributed by atoms with Gasteiger partial charge in [-0.2, -0.15) is 0 Å². The second-order valence-electron chi connectivity index (χ2n) is 4.33. The van der Waals surface area contributed by atoms with Crippen LogP contribution in [0.25, 0.3) is 0 Å². The number of nitro groups is 2. The summed E-state index contributed by atoms with van der Waals surface area (Å²) in [6.45, 7) is 0. The maximum absolute atomic E-state index is 11.9. The van der Waals surface area contributed by atoms with Gasteiger partial charge in [0.25, 0.3) is 11.4 Å². The molecule has 0 amide bonds.